The number of amidine groups is 1. The molecule has 1 aliphatic rings. The third-order valence-corrected chi connectivity index (χ3v) is 3.63. The minimum absolute atomic E-state index is 0.303. The molecule has 1 saturated heterocycles. The second-order valence-electron chi connectivity index (χ2n) is 3.93. The molecular weight excluding hydrogens is 208 g/mol. The third-order valence-electron chi connectivity index (χ3n) is 2.87. The number of nitrogens with one attached hydrogen (secondary N) is 1. The molecule has 1 aromatic rings. The zero-order valence-corrected chi connectivity index (χ0v) is 9.46. The molecule has 0 saturated carbocycles. The average molecular weight is 224 g/mol. The summed E-state index contributed by atoms with van der Waals surface area (Å²) in [6.45, 7) is 3.01. The van der Waals surface area contributed by atoms with Gasteiger partial charge in [-0.05, 0) is 25.9 Å². The summed E-state index contributed by atoms with van der Waals surface area (Å²) in [6.07, 6.45) is 3.88. The summed E-state index contributed by atoms with van der Waals surface area (Å²) < 4.78 is 0. The topological polar surface area (TPSA) is 66.0 Å². The first-order chi connectivity index (χ1) is 7.25. The van der Waals surface area contributed by atoms with Crippen LogP contribution < -0.4 is 5.73 Å². The number of rotatable bonds is 3. The van der Waals surface area contributed by atoms with Crippen molar-refractivity contribution in [1.29, 1.82) is 5.41 Å². The molecule has 1 fully saturated rings. The summed E-state index contributed by atoms with van der Waals surface area (Å²) >= 11 is 1.70. The molecule has 0 bridgehead atoms. The van der Waals surface area contributed by atoms with E-state index in [0.717, 1.165) is 32.5 Å². The summed E-state index contributed by atoms with van der Waals surface area (Å²) in [7, 11) is 0. The first-order valence-corrected chi connectivity index (χ1v) is 6.08. The Hall–Kier alpha value is -0.940. The van der Waals surface area contributed by atoms with Gasteiger partial charge in [0.25, 0.3) is 0 Å². The van der Waals surface area contributed by atoms with Gasteiger partial charge >= 0.3 is 0 Å². The van der Waals surface area contributed by atoms with Gasteiger partial charge in [-0.1, -0.05) is 0 Å². The number of hydrogen-bond acceptors (Lipinski definition) is 4. The zero-order valence-electron chi connectivity index (χ0n) is 8.65. The summed E-state index contributed by atoms with van der Waals surface area (Å²) in [5, 5.41) is 10.6. The number of nitrogens with zero attached hydrogens (tertiary/aromatic N) is 2. The van der Waals surface area contributed by atoms with Gasteiger partial charge in [0.05, 0.1) is 12.4 Å². The van der Waals surface area contributed by atoms with E-state index in [0.29, 0.717) is 11.8 Å². The SMILES string of the molecule is N=C(N)C1CCN(Cc2nccs2)CC1. The molecule has 1 aliphatic heterocycles. The number of likely N-dealkylation sites (tertiary alicyclic amines) is 1. The van der Waals surface area contributed by atoms with Crippen LogP contribution in [-0.4, -0.2) is 28.8 Å². The van der Waals surface area contributed by atoms with E-state index >= 15 is 0 Å². The lowest BCUT2D eigenvalue weighted by molar-refractivity contribution is 0.201. The largest absolute Gasteiger partial charge is 0.387 e. The van der Waals surface area contributed by atoms with E-state index < -0.39 is 0 Å². The quantitative estimate of drug-likeness (QED) is 0.600. The molecule has 0 amide bonds. The Morgan fingerprint density at radius 3 is 2.87 bits per heavy atom. The Morgan fingerprint density at radius 1 is 1.60 bits per heavy atom. The van der Waals surface area contributed by atoms with Crippen LogP contribution in [0.1, 0.15) is 17.8 Å². The average Bonchev–Trinajstić information content (AvgIpc) is 2.71. The highest BCUT2D eigenvalue weighted by Crippen LogP contribution is 2.19. The summed E-state index contributed by atoms with van der Waals surface area (Å²) in [5.41, 5.74) is 5.50. The van der Waals surface area contributed by atoms with Crippen LogP contribution in [-0.2, 0) is 6.54 Å². The lowest BCUT2D eigenvalue weighted by atomic mass is 9.96. The van der Waals surface area contributed by atoms with Gasteiger partial charge in [0.1, 0.15) is 5.01 Å². The van der Waals surface area contributed by atoms with Gasteiger partial charge in [-0.25, -0.2) is 4.98 Å². The predicted molar refractivity (Wildman–Crippen MR) is 62.0 cm³/mol. The van der Waals surface area contributed by atoms with Crippen LogP contribution in [0.3, 0.4) is 0 Å². The third kappa shape index (κ3) is 2.76. The van der Waals surface area contributed by atoms with Crippen LogP contribution in [0.5, 0.6) is 0 Å². The van der Waals surface area contributed by atoms with Crippen molar-refractivity contribution >= 4 is 17.2 Å². The highest BCUT2D eigenvalue weighted by Gasteiger charge is 2.21. The van der Waals surface area contributed by atoms with Crippen LogP contribution >= 0.6 is 11.3 Å². The second-order valence-corrected chi connectivity index (χ2v) is 4.91. The molecule has 82 valence electrons. The normalized spacial score (nSPS) is 19.2. The van der Waals surface area contributed by atoms with Crippen molar-refractivity contribution in [2.24, 2.45) is 11.7 Å². The molecule has 0 unspecified atom stereocenters. The van der Waals surface area contributed by atoms with Crippen LogP contribution in [0.4, 0.5) is 0 Å². The lowest BCUT2D eigenvalue weighted by Gasteiger charge is -2.30. The van der Waals surface area contributed by atoms with Crippen LogP contribution in [0.25, 0.3) is 0 Å². The van der Waals surface area contributed by atoms with E-state index in [4.69, 9.17) is 11.1 Å². The summed E-state index contributed by atoms with van der Waals surface area (Å²) in [6, 6.07) is 0. The van der Waals surface area contributed by atoms with Crippen molar-refractivity contribution in [1.82, 2.24) is 9.88 Å². The summed E-state index contributed by atoms with van der Waals surface area (Å²) in [4.78, 5) is 6.66. The lowest BCUT2D eigenvalue weighted by Crippen LogP contribution is -2.37. The van der Waals surface area contributed by atoms with Crippen molar-refractivity contribution in [3.63, 3.8) is 0 Å². The highest BCUT2D eigenvalue weighted by molar-refractivity contribution is 7.09. The number of piperidine rings is 1. The number of nitrogens with two attached hydrogens (primary N) is 1. The van der Waals surface area contributed by atoms with Crippen LogP contribution in [0.15, 0.2) is 11.6 Å². The minimum Gasteiger partial charge on any atom is -0.387 e. The fourth-order valence-electron chi connectivity index (χ4n) is 1.92. The highest BCUT2D eigenvalue weighted by atomic mass is 32.1. The van der Waals surface area contributed by atoms with Crippen molar-refractivity contribution in [2.45, 2.75) is 19.4 Å². The zero-order chi connectivity index (χ0) is 10.7. The predicted octanol–water partition coefficient (Wildman–Crippen LogP) is 1.29. The Morgan fingerprint density at radius 2 is 2.33 bits per heavy atom. The Bertz CT molecular complexity index is 314. The van der Waals surface area contributed by atoms with Gasteiger partial charge in [0.2, 0.25) is 0 Å². The molecule has 0 aliphatic carbocycles. The van der Waals surface area contributed by atoms with Gasteiger partial charge in [0.15, 0.2) is 0 Å². The molecule has 4 nitrogen and oxygen atoms in total. The van der Waals surface area contributed by atoms with Gasteiger partial charge in [0, 0.05) is 17.5 Å². The maximum absolute atomic E-state index is 7.40. The van der Waals surface area contributed by atoms with E-state index in [-0.39, 0.29) is 0 Å². The number of thiazole rings is 1. The van der Waals surface area contributed by atoms with E-state index in [9.17, 15) is 0 Å². The Labute approximate surface area is 93.6 Å². The molecule has 3 N–H and O–H groups in total. The van der Waals surface area contributed by atoms with Crippen molar-refractivity contribution in [3.05, 3.63) is 16.6 Å². The molecule has 2 heterocycles. The Balaban J connectivity index is 1.81. The molecule has 2 rings (SSSR count). The number of hydrogen-bond donors (Lipinski definition) is 2. The van der Waals surface area contributed by atoms with Gasteiger partial charge < -0.3 is 5.73 Å². The van der Waals surface area contributed by atoms with E-state index in [1.165, 1.54) is 5.01 Å². The molecule has 0 spiro atoms. The second kappa shape index (κ2) is 4.72. The molecule has 0 atom stereocenters. The fourth-order valence-corrected chi connectivity index (χ4v) is 2.58. The molecule has 0 radical (unpaired) electrons. The standard InChI is InChI=1S/C10H16N4S/c11-10(12)8-1-4-14(5-2-8)7-9-13-3-6-15-9/h3,6,8H,1-2,4-5,7H2,(H3,11,12). The maximum atomic E-state index is 7.40. The molecule has 0 aromatic carbocycles. The maximum Gasteiger partial charge on any atom is 0.107 e. The number of aromatic nitrogens is 1. The van der Waals surface area contributed by atoms with Gasteiger partial charge in [-0.2, -0.15) is 0 Å². The van der Waals surface area contributed by atoms with Crippen LogP contribution in [0, 0.1) is 11.3 Å². The smallest absolute Gasteiger partial charge is 0.107 e. The Kier molecular flexibility index (Phi) is 3.33. The molecule has 5 heteroatoms. The van der Waals surface area contributed by atoms with Crippen LogP contribution in [0.2, 0.25) is 0 Å². The minimum atomic E-state index is 0.303. The first kappa shape index (κ1) is 10.6. The van der Waals surface area contributed by atoms with Gasteiger partial charge in [-0.3, -0.25) is 10.3 Å². The molecule has 15 heavy (non-hydrogen) atoms. The molecular formula is C10H16N4S. The van der Waals surface area contributed by atoms with E-state index in [1.54, 1.807) is 11.3 Å². The van der Waals surface area contributed by atoms with E-state index in [2.05, 4.69) is 9.88 Å². The van der Waals surface area contributed by atoms with Crippen molar-refractivity contribution in [3.8, 4) is 0 Å². The first-order valence-electron chi connectivity index (χ1n) is 5.20. The van der Waals surface area contributed by atoms with E-state index in [1.807, 2.05) is 11.6 Å². The van der Waals surface area contributed by atoms with Gasteiger partial charge in [-0.15, -0.1) is 11.3 Å². The van der Waals surface area contributed by atoms with Crippen molar-refractivity contribution in [2.75, 3.05) is 13.1 Å². The molecule has 1 aromatic heterocycles. The monoisotopic (exact) mass is 224 g/mol. The van der Waals surface area contributed by atoms with Crippen molar-refractivity contribution < 1.29 is 0 Å². The fraction of sp³-hybridized carbons (Fsp3) is 0.600. The summed E-state index contributed by atoms with van der Waals surface area (Å²) in [5.74, 6) is 0.654.